The van der Waals surface area contributed by atoms with Gasteiger partial charge in [0, 0.05) is 0 Å². The number of allylic oxidation sites excluding steroid dienone is 2. The Morgan fingerprint density at radius 2 is 1.38 bits per heavy atom. The number of ether oxygens (including phenoxy) is 6. The standard InChI is InChI=1S/C47H76O16/c1-22-30(50)33(53)35(55)38(59-22)62-37-34(54)32(52)26(20-48)60-40(37)63-36-31(51)25(49)21-58-39(36)61-29-12-13-44(6)27(43(29,4)5)11-14-46(8)28(44)10-9-23-24-19-42(2,3)15-17-47(24,41(56)57)18-16-45(23,46)7/h9,22,24-40,48-55H,10-21H2,1-8H3,(H,56,57)/t22-,24-,25+,26+,27-,28+,29-,30-,31-,32+,33+,34-,35+,36+,37+,38-,39-,40-,44-,45+,46+,47-/m0/s1. The summed E-state index contributed by atoms with van der Waals surface area (Å²) in [5.74, 6) is -0.0241. The van der Waals surface area contributed by atoms with Crippen LogP contribution in [0, 0.1) is 50.2 Å². The second kappa shape index (κ2) is 16.7. The first kappa shape index (κ1) is 48.1. The molecule has 360 valence electrons. The lowest BCUT2D eigenvalue weighted by Gasteiger charge is -2.71. The van der Waals surface area contributed by atoms with Crippen molar-refractivity contribution in [2.75, 3.05) is 13.2 Å². The average molecular weight is 897 g/mol. The maximum absolute atomic E-state index is 13.1. The molecule has 0 radical (unpaired) electrons. The number of carboxylic acids is 1. The number of hydrogen-bond acceptors (Lipinski definition) is 15. The van der Waals surface area contributed by atoms with Gasteiger partial charge in [-0.05, 0) is 116 Å². The fourth-order valence-electron chi connectivity index (χ4n) is 14.8. The van der Waals surface area contributed by atoms with Crippen LogP contribution in [0.2, 0.25) is 0 Å². The SMILES string of the molecule is C[C@@H]1O[C@@H](O[C@H]2[C@H](O[C@H]3[C@H](O[C@H]4CC[C@]5(C)[C@H]6CC=C7[C@@H]8CC(C)(C)CC[C@]8(C(=O)O)CC[C@@]7(C)[C@]6(C)CC[C@H]5C4(C)C)OC[C@@H](O)[C@@H]3O)O[C@H](CO)[C@@H](O)[C@@H]2O)[C@H](O)[C@H](O)[C@H]1O. The molecular formula is C47H76O16. The van der Waals surface area contributed by atoms with Crippen LogP contribution in [-0.2, 0) is 33.2 Å². The Morgan fingerprint density at radius 3 is 2.06 bits per heavy atom. The van der Waals surface area contributed by atoms with Gasteiger partial charge in [0.15, 0.2) is 18.9 Å². The molecule has 9 N–H and O–H groups in total. The molecule has 4 saturated carbocycles. The van der Waals surface area contributed by atoms with Gasteiger partial charge in [0.05, 0.1) is 30.8 Å². The van der Waals surface area contributed by atoms with E-state index in [0.717, 1.165) is 51.4 Å². The van der Waals surface area contributed by atoms with Gasteiger partial charge in [-0.15, -0.1) is 0 Å². The van der Waals surface area contributed by atoms with E-state index in [-0.39, 0.29) is 46.2 Å². The molecule has 3 saturated heterocycles. The van der Waals surface area contributed by atoms with Crippen LogP contribution in [0.5, 0.6) is 0 Å². The highest BCUT2D eigenvalue weighted by Gasteiger charge is 2.70. The number of fused-ring (bicyclic) bond motifs is 7. The third-order valence-corrected chi connectivity index (χ3v) is 18.9. The van der Waals surface area contributed by atoms with E-state index in [2.05, 4.69) is 54.5 Å². The number of carbonyl (C=O) groups is 1. The summed E-state index contributed by atoms with van der Waals surface area (Å²) in [5, 5.41) is 96.7. The van der Waals surface area contributed by atoms with Gasteiger partial charge in [-0.1, -0.05) is 60.1 Å². The molecule has 0 spiro atoms. The van der Waals surface area contributed by atoms with E-state index < -0.39 is 109 Å². The second-order valence-corrected chi connectivity index (χ2v) is 23.0. The molecule has 0 amide bonds. The predicted octanol–water partition coefficient (Wildman–Crippen LogP) is 2.37. The second-order valence-electron chi connectivity index (χ2n) is 23.0. The number of aliphatic hydroxyl groups excluding tert-OH is 8. The van der Waals surface area contributed by atoms with E-state index in [1.807, 2.05) is 0 Å². The van der Waals surface area contributed by atoms with Crippen molar-refractivity contribution in [3.05, 3.63) is 11.6 Å². The third kappa shape index (κ3) is 7.51. The maximum Gasteiger partial charge on any atom is 0.310 e. The molecule has 63 heavy (non-hydrogen) atoms. The molecule has 0 unspecified atom stereocenters. The van der Waals surface area contributed by atoms with Gasteiger partial charge >= 0.3 is 5.97 Å². The zero-order chi connectivity index (χ0) is 46.0. The Balaban J connectivity index is 1.03. The van der Waals surface area contributed by atoms with Gasteiger partial charge in [-0.2, -0.15) is 0 Å². The highest BCUT2D eigenvalue weighted by atomic mass is 16.8. The zero-order valence-electron chi connectivity index (χ0n) is 38.3. The van der Waals surface area contributed by atoms with Crippen LogP contribution < -0.4 is 0 Å². The van der Waals surface area contributed by atoms with E-state index in [1.165, 1.54) is 12.5 Å². The maximum atomic E-state index is 13.1. The van der Waals surface area contributed by atoms with Crippen molar-refractivity contribution in [3.63, 3.8) is 0 Å². The Hall–Kier alpha value is -1.35. The molecule has 5 aliphatic carbocycles. The van der Waals surface area contributed by atoms with Crippen LogP contribution >= 0.6 is 0 Å². The molecule has 8 aliphatic rings. The summed E-state index contributed by atoms with van der Waals surface area (Å²) >= 11 is 0. The van der Waals surface area contributed by atoms with Gasteiger partial charge in [0.25, 0.3) is 0 Å². The fraction of sp³-hybridized carbons (Fsp3) is 0.936. The first-order valence-corrected chi connectivity index (χ1v) is 23.6. The minimum Gasteiger partial charge on any atom is -0.481 e. The van der Waals surface area contributed by atoms with Crippen molar-refractivity contribution in [1.82, 2.24) is 0 Å². The molecule has 3 heterocycles. The van der Waals surface area contributed by atoms with Gasteiger partial charge in [-0.3, -0.25) is 4.79 Å². The summed E-state index contributed by atoms with van der Waals surface area (Å²) in [4.78, 5) is 13.1. The van der Waals surface area contributed by atoms with E-state index >= 15 is 0 Å². The number of rotatable bonds is 8. The quantitative estimate of drug-likeness (QED) is 0.125. The van der Waals surface area contributed by atoms with Gasteiger partial charge < -0.3 is 74.4 Å². The number of aliphatic carboxylic acids is 1. The van der Waals surface area contributed by atoms with Crippen molar-refractivity contribution in [2.24, 2.45) is 50.2 Å². The highest BCUT2D eigenvalue weighted by molar-refractivity contribution is 5.76. The summed E-state index contributed by atoms with van der Waals surface area (Å²) in [6.45, 7) is 16.9. The molecule has 8 rings (SSSR count). The molecule has 7 fully saturated rings. The molecule has 0 aromatic rings. The average Bonchev–Trinajstić information content (AvgIpc) is 3.21. The van der Waals surface area contributed by atoms with Crippen LogP contribution in [0.4, 0.5) is 0 Å². The third-order valence-electron chi connectivity index (χ3n) is 18.9. The van der Waals surface area contributed by atoms with Gasteiger partial charge in [0.1, 0.15) is 61.0 Å². The summed E-state index contributed by atoms with van der Waals surface area (Å²) in [6.07, 6.45) is -10.7. The van der Waals surface area contributed by atoms with Crippen molar-refractivity contribution in [1.29, 1.82) is 0 Å². The van der Waals surface area contributed by atoms with Crippen molar-refractivity contribution in [2.45, 2.75) is 212 Å². The Bertz CT molecular complexity index is 1720. The lowest BCUT2D eigenvalue weighted by atomic mass is 9.33. The van der Waals surface area contributed by atoms with Crippen molar-refractivity contribution >= 4 is 5.97 Å². The summed E-state index contributed by atoms with van der Waals surface area (Å²) < 4.78 is 36.7. The van der Waals surface area contributed by atoms with Gasteiger partial charge in [-0.25, -0.2) is 0 Å². The fourth-order valence-corrected chi connectivity index (χ4v) is 14.8. The number of carboxylic acid groups (broad SMARTS) is 1. The lowest BCUT2D eigenvalue weighted by molar-refractivity contribution is -0.392. The topological polar surface area (TPSA) is 255 Å². The zero-order valence-corrected chi connectivity index (χ0v) is 38.3. The highest BCUT2D eigenvalue weighted by Crippen LogP contribution is 2.76. The minimum atomic E-state index is -1.79. The molecule has 0 bridgehead atoms. The first-order chi connectivity index (χ1) is 29.4. The van der Waals surface area contributed by atoms with Crippen molar-refractivity contribution in [3.8, 4) is 0 Å². The molecule has 3 aliphatic heterocycles. The van der Waals surface area contributed by atoms with E-state index in [0.29, 0.717) is 18.8 Å². The Labute approximate surface area is 371 Å². The van der Waals surface area contributed by atoms with Gasteiger partial charge in [0.2, 0.25) is 0 Å². The normalized spacial score (nSPS) is 54.1. The largest absolute Gasteiger partial charge is 0.481 e. The summed E-state index contributed by atoms with van der Waals surface area (Å²) in [5.41, 5.74) is 0.124. The number of hydrogen-bond donors (Lipinski definition) is 9. The summed E-state index contributed by atoms with van der Waals surface area (Å²) in [6, 6.07) is 0. The van der Waals surface area contributed by atoms with E-state index in [4.69, 9.17) is 28.4 Å². The lowest BCUT2D eigenvalue weighted by Crippen LogP contribution is -2.67. The molecule has 0 aromatic heterocycles. The minimum absolute atomic E-state index is 0.0300. The number of aliphatic hydroxyl groups is 8. The molecule has 22 atom stereocenters. The molecule has 16 heteroatoms. The van der Waals surface area contributed by atoms with Crippen LogP contribution in [0.1, 0.15) is 120 Å². The van der Waals surface area contributed by atoms with Crippen LogP contribution in [0.15, 0.2) is 11.6 Å². The molecule has 16 nitrogen and oxygen atoms in total. The van der Waals surface area contributed by atoms with Crippen molar-refractivity contribution < 1.29 is 79.2 Å². The van der Waals surface area contributed by atoms with E-state index in [9.17, 15) is 50.8 Å². The predicted molar refractivity (Wildman–Crippen MR) is 223 cm³/mol. The van der Waals surface area contributed by atoms with Crippen LogP contribution in [-0.4, -0.2) is 157 Å². The van der Waals surface area contributed by atoms with Crippen LogP contribution in [0.3, 0.4) is 0 Å². The molecule has 0 aromatic carbocycles. The monoisotopic (exact) mass is 897 g/mol. The van der Waals surface area contributed by atoms with E-state index in [1.54, 1.807) is 0 Å². The molecular weight excluding hydrogens is 821 g/mol. The summed E-state index contributed by atoms with van der Waals surface area (Å²) in [7, 11) is 0. The first-order valence-electron chi connectivity index (χ1n) is 23.6. The smallest absolute Gasteiger partial charge is 0.310 e. The Kier molecular flexibility index (Phi) is 12.8. The Morgan fingerprint density at radius 1 is 0.714 bits per heavy atom. The van der Waals surface area contributed by atoms with Crippen LogP contribution in [0.25, 0.3) is 0 Å².